The molecule has 0 saturated carbocycles. The molecular formula is C82H112O15Si8. The summed E-state index contributed by atoms with van der Waals surface area (Å²) in [6, 6.07) is 59.6. The SMILES string of the molecule is CCC[Si](C)(O[Si](C)(C)C)O[Si](C)(C)O[Si](C)(C)C.Cc1ccc(C2(c3ccc(C)c(OC(=O)Oc4ccccc4C)c3)c3ccccc3-c3ccccc32)cc1OC(=O)Oc1ccc(C(C)(C)c2ccc(OC(=O)Oc3ccccc3CCC[Si](C)(O[Si](C)(C)C)O[Si](C)(C)O[Si](C)(C)C)cc2)cc1. The first-order valence-electron chi connectivity index (χ1n) is 36.5. The lowest BCUT2D eigenvalue weighted by molar-refractivity contribution is 0.150. The first kappa shape index (κ1) is 83.7. The van der Waals surface area contributed by atoms with Gasteiger partial charge in [-0.2, -0.15) is 0 Å². The van der Waals surface area contributed by atoms with Gasteiger partial charge in [0.05, 0.1) is 5.41 Å². The summed E-state index contributed by atoms with van der Waals surface area (Å²) in [5.74, 6) is 2.17. The Balaban J connectivity index is 0.000000642. The molecule has 0 N–H and O–H groups in total. The topological polar surface area (TPSA) is 162 Å². The van der Waals surface area contributed by atoms with Crippen LogP contribution in [0, 0.1) is 20.8 Å². The van der Waals surface area contributed by atoms with Crippen molar-refractivity contribution in [2.75, 3.05) is 0 Å². The van der Waals surface area contributed by atoms with Gasteiger partial charge in [0, 0.05) is 5.41 Å². The molecule has 9 rings (SSSR count). The summed E-state index contributed by atoms with van der Waals surface area (Å²) >= 11 is 0. The Labute approximate surface area is 634 Å². The van der Waals surface area contributed by atoms with Gasteiger partial charge in [-0.3, -0.25) is 0 Å². The van der Waals surface area contributed by atoms with E-state index in [-0.39, 0.29) is 0 Å². The van der Waals surface area contributed by atoms with E-state index in [9.17, 15) is 14.4 Å². The van der Waals surface area contributed by atoms with E-state index in [1.165, 1.54) is 0 Å². The van der Waals surface area contributed by atoms with Gasteiger partial charge in [-0.25, -0.2) is 14.4 Å². The molecule has 2 atom stereocenters. The summed E-state index contributed by atoms with van der Waals surface area (Å²) in [6.45, 7) is 51.5. The molecule has 0 amide bonds. The number of hydrogen-bond acceptors (Lipinski definition) is 15. The molecule has 2 unspecified atom stereocenters. The number of hydrogen-bond donors (Lipinski definition) is 0. The molecule has 1 aliphatic rings. The summed E-state index contributed by atoms with van der Waals surface area (Å²) in [7, 11) is -16.2. The molecule has 0 spiro atoms. The quantitative estimate of drug-likeness (QED) is 0.0258. The van der Waals surface area contributed by atoms with Gasteiger partial charge in [0.25, 0.3) is 0 Å². The molecule has 8 aromatic carbocycles. The molecular weight excluding hydrogens is 1450 g/mol. The van der Waals surface area contributed by atoms with Crippen LogP contribution in [0.1, 0.15) is 89.2 Å². The zero-order valence-electron chi connectivity index (χ0n) is 66.5. The molecule has 105 heavy (non-hydrogen) atoms. The van der Waals surface area contributed by atoms with E-state index >= 15 is 0 Å². The minimum atomic E-state index is -2.62. The van der Waals surface area contributed by atoms with Gasteiger partial charge in [-0.15, -0.1) is 0 Å². The molecule has 8 aromatic rings. The predicted octanol–water partition coefficient (Wildman–Crippen LogP) is 23.4. The minimum Gasteiger partial charge on any atom is -0.437 e. The van der Waals surface area contributed by atoms with Crippen LogP contribution in [0.15, 0.2) is 182 Å². The van der Waals surface area contributed by atoms with Crippen LogP contribution < -0.4 is 28.4 Å². The maximum Gasteiger partial charge on any atom is 0.519 e. The standard InChI is InChI=1S/C70H78O12Si4.C12H34O3Si4/c1-48-24-15-21-31-62(48)76-68(73)79-65-47-55(36-34-50(65)3)70(60-29-19-17-27-58(60)59-28-18-20-30-61(59)70)54-35-33-49(2)64(46-54)78-67(72)75-57-43-39-53(40-44-57)69(4,5)52-37-41-56(42-38-52)74-66(71)77-63-32-22-16-25-51(63)26-23-45-86(14,81-84(9,10)11)82-85(12,13)80-83(6,7)8;1-11-12-19(10,14-17(5,6)7)15-18(8,9)13-16(2,3)4/h15-22,24-25,27-44,46-47H,23,26,45H2,1-14H3;11-12H2,1-10H3. The Morgan fingerprint density at radius 2 is 0.714 bits per heavy atom. The highest BCUT2D eigenvalue weighted by molar-refractivity contribution is 6.90. The number of rotatable bonds is 28. The fraction of sp³-hybridized carbons (Fsp3) is 0.378. The lowest BCUT2D eigenvalue weighted by Crippen LogP contribution is -2.56. The normalized spacial score (nSPS) is 14.3. The highest BCUT2D eigenvalue weighted by atomic mass is 28.5. The molecule has 0 fully saturated rings. The van der Waals surface area contributed by atoms with Gasteiger partial charge in [0.2, 0.25) is 0 Å². The van der Waals surface area contributed by atoms with Crippen LogP contribution in [0.4, 0.5) is 14.4 Å². The van der Waals surface area contributed by atoms with Crippen molar-refractivity contribution < 1.29 is 67.5 Å². The van der Waals surface area contributed by atoms with E-state index in [2.05, 4.69) is 163 Å². The number of para-hydroxylation sites is 2. The highest BCUT2D eigenvalue weighted by Crippen LogP contribution is 2.57. The Morgan fingerprint density at radius 1 is 0.362 bits per heavy atom. The second kappa shape index (κ2) is 33.7. The fourth-order valence-electron chi connectivity index (χ4n) is 14.2. The molecule has 0 radical (unpaired) electrons. The summed E-state index contributed by atoms with van der Waals surface area (Å²) in [5, 5.41) is 0. The van der Waals surface area contributed by atoms with Crippen molar-refractivity contribution in [3.05, 3.63) is 238 Å². The van der Waals surface area contributed by atoms with E-state index in [1.54, 1.807) is 42.5 Å². The van der Waals surface area contributed by atoms with E-state index in [0.717, 1.165) is 91.7 Å². The lowest BCUT2D eigenvalue weighted by Gasteiger charge is -2.41. The zero-order valence-corrected chi connectivity index (χ0v) is 74.5. The number of aryl methyl sites for hydroxylation is 4. The number of carbonyl (C=O) groups is 3. The molecule has 0 saturated heterocycles. The van der Waals surface area contributed by atoms with E-state index in [4.69, 9.17) is 53.1 Å². The first-order valence-corrected chi connectivity index (χ1v) is 60.8. The average Bonchev–Trinajstić information content (AvgIpc) is 1.55. The summed E-state index contributed by atoms with van der Waals surface area (Å²) < 4.78 is 74.6. The van der Waals surface area contributed by atoms with Gasteiger partial charge < -0.3 is 53.1 Å². The summed E-state index contributed by atoms with van der Waals surface area (Å²) in [4.78, 5) is 40.5. The molecule has 15 nitrogen and oxygen atoms in total. The van der Waals surface area contributed by atoms with Gasteiger partial charge in [-0.05, 0) is 279 Å². The number of carbonyl (C=O) groups excluding carboxylic acids is 3. The van der Waals surface area contributed by atoms with Crippen LogP contribution in [0.25, 0.3) is 11.1 Å². The first-order chi connectivity index (χ1) is 48.8. The summed E-state index contributed by atoms with van der Waals surface area (Å²) in [6.07, 6.45) is -0.0166. The van der Waals surface area contributed by atoms with E-state index in [0.29, 0.717) is 40.9 Å². The van der Waals surface area contributed by atoms with Crippen molar-refractivity contribution in [3.8, 4) is 45.6 Å². The molecule has 0 aliphatic heterocycles. The number of ether oxygens (including phenoxy) is 6. The van der Waals surface area contributed by atoms with Gasteiger partial charge in [0.1, 0.15) is 34.5 Å². The molecule has 562 valence electrons. The summed E-state index contributed by atoms with van der Waals surface area (Å²) in [5.41, 5.74) is 9.42. The van der Waals surface area contributed by atoms with E-state index < -0.39 is 96.8 Å². The Bertz CT molecular complexity index is 4280. The predicted molar refractivity (Wildman–Crippen MR) is 442 cm³/mol. The average molecular weight is 1560 g/mol. The Kier molecular flexibility index (Phi) is 26.9. The van der Waals surface area contributed by atoms with Gasteiger partial charge in [-0.1, -0.05) is 161 Å². The largest absolute Gasteiger partial charge is 0.519 e. The van der Waals surface area contributed by atoms with Crippen LogP contribution in [0.3, 0.4) is 0 Å². The molecule has 1 aliphatic carbocycles. The molecule has 0 bridgehead atoms. The van der Waals surface area contributed by atoms with Gasteiger partial charge >= 0.3 is 52.7 Å². The highest BCUT2D eigenvalue weighted by Gasteiger charge is 2.48. The molecule has 0 aromatic heterocycles. The second-order valence-electron chi connectivity index (χ2n) is 32.9. The van der Waals surface area contributed by atoms with Crippen molar-refractivity contribution in [2.24, 2.45) is 0 Å². The van der Waals surface area contributed by atoms with Crippen molar-refractivity contribution in [3.63, 3.8) is 0 Å². The Morgan fingerprint density at radius 3 is 1.13 bits per heavy atom. The maximum atomic E-state index is 13.8. The van der Waals surface area contributed by atoms with Crippen molar-refractivity contribution in [1.82, 2.24) is 0 Å². The van der Waals surface area contributed by atoms with Crippen molar-refractivity contribution in [2.45, 2.75) is 202 Å². The van der Waals surface area contributed by atoms with Crippen molar-refractivity contribution in [1.29, 1.82) is 0 Å². The number of benzene rings is 8. The smallest absolute Gasteiger partial charge is 0.437 e. The third-order valence-corrected chi connectivity index (χ3v) is 44.7. The number of fused-ring (bicyclic) bond motifs is 3. The monoisotopic (exact) mass is 1560 g/mol. The lowest BCUT2D eigenvalue weighted by atomic mass is 9.67. The van der Waals surface area contributed by atoms with Crippen LogP contribution in [0.2, 0.25) is 130 Å². The minimum absolute atomic E-state index is 0.300. The van der Waals surface area contributed by atoms with Crippen molar-refractivity contribution >= 4 is 86.0 Å². The van der Waals surface area contributed by atoms with E-state index in [1.807, 2.05) is 136 Å². The second-order valence-corrected chi connectivity index (χ2v) is 65.9. The Hall–Kier alpha value is -6.93. The third kappa shape index (κ3) is 23.3. The fourth-order valence-corrected chi connectivity index (χ4v) is 50.2. The van der Waals surface area contributed by atoms with Crippen LogP contribution in [-0.2, 0) is 41.9 Å². The van der Waals surface area contributed by atoms with Crippen LogP contribution in [0.5, 0.6) is 34.5 Å². The zero-order chi connectivity index (χ0) is 77.4. The van der Waals surface area contributed by atoms with Gasteiger partial charge in [0.15, 0.2) is 33.3 Å². The third-order valence-electron chi connectivity index (χ3n) is 17.4. The van der Waals surface area contributed by atoms with Crippen LogP contribution in [-0.4, -0.2) is 86.0 Å². The van der Waals surface area contributed by atoms with Crippen LogP contribution >= 0.6 is 0 Å². The molecule has 23 heteroatoms. The molecule has 0 heterocycles. The maximum absolute atomic E-state index is 13.8.